The van der Waals surface area contributed by atoms with Crippen molar-refractivity contribution in [1.82, 2.24) is 0 Å². The highest BCUT2D eigenvalue weighted by atomic mass is 16.8. The largest absolute Gasteiger partial charge is 0.497 e. The Bertz CT molecular complexity index is 777. The van der Waals surface area contributed by atoms with Crippen molar-refractivity contribution in [3.63, 3.8) is 0 Å². The first-order chi connectivity index (χ1) is 13.9. The zero-order chi connectivity index (χ0) is 21.1. The fourth-order valence-corrected chi connectivity index (χ4v) is 3.38. The summed E-state index contributed by atoms with van der Waals surface area (Å²) in [4.78, 5) is 0. The lowest BCUT2D eigenvalue weighted by Gasteiger charge is -2.52. The molecule has 3 rings (SSSR count). The summed E-state index contributed by atoms with van der Waals surface area (Å²) in [6, 6.07) is 15.5. The summed E-state index contributed by atoms with van der Waals surface area (Å²) in [5.74, 6) is -0.945. The Morgan fingerprint density at radius 2 is 1.59 bits per heavy atom. The Morgan fingerprint density at radius 1 is 0.931 bits per heavy atom. The monoisotopic (exact) mass is 406 g/mol. The molecule has 2 aromatic rings. The minimum Gasteiger partial charge on any atom is -0.497 e. The average Bonchev–Trinajstić information content (AvgIpc) is 2.76. The molecule has 29 heavy (non-hydrogen) atoms. The van der Waals surface area contributed by atoms with Gasteiger partial charge in [-0.3, -0.25) is 0 Å². The predicted molar refractivity (Wildman–Crippen MR) is 102 cm³/mol. The molecule has 0 amide bonds. The van der Waals surface area contributed by atoms with Gasteiger partial charge in [0.25, 0.3) is 0 Å². The number of aliphatic hydroxyl groups excluding tert-OH is 3. The number of methoxy groups -OCH3 is 2. The molecule has 0 aromatic heterocycles. The molecule has 1 aliphatic rings. The number of benzene rings is 2. The van der Waals surface area contributed by atoms with Gasteiger partial charge in [0.05, 0.1) is 7.11 Å². The molecule has 0 bridgehead atoms. The average molecular weight is 406 g/mol. The van der Waals surface area contributed by atoms with Crippen LogP contribution < -0.4 is 9.47 Å². The van der Waals surface area contributed by atoms with Gasteiger partial charge >= 0.3 is 0 Å². The van der Waals surface area contributed by atoms with Crippen molar-refractivity contribution in [3.05, 3.63) is 60.2 Å². The van der Waals surface area contributed by atoms with Crippen LogP contribution >= 0.6 is 0 Å². The number of rotatable bonds is 7. The van der Waals surface area contributed by atoms with Crippen molar-refractivity contribution >= 4 is 0 Å². The normalized spacial score (nSPS) is 32.0. The lowest BCUT2D eigenvalue weighted by atomic mass is 9.80. The summed E-state index contributed by atoms with van der Waals surface area (Å²) in [5.41, 5.74) is -1.39. The topological polar surface area (TPSA) is 118 Å². The fourth-order valence-electron chi connectivity index (χ4n) is 3.38. The quantitative estimate of drug-likeness (QED) is 0.524. The zero-order valence-corrected chi connectivity index (χ0v) is 16.3. The first-order valence-corrected chi connectivity index (χ1v) is 9.15. The number of hydrogen-bond donors (Lipinski definition) is 4. The fraction of sp³-hybridized carbons (Fsp3) is 0.429. The molecule has 5 atom stereocenters. The molecular weight excluding hydrogens is 380 g/mol. The van der Waals surface area contributed by atoms with Gasteiger partial charge < -0.3 is 39.4 Å². The highest BCUT2D eigenvalue weighted by Gasteiger charge is 2.62. The highest BCUT2D eigenvalue weighted by molar-refractivity contribution is 5.29. The van der Waals surface area contributed by atoms with Gasteiger partial charge in [-0.15, -0.1) is 0 Å². The van der Waals surface area contributed by atoms with E-state index < -0.39 is 36.5 Å². The summed E-state index contributed by atoms with van der Waals surface area (Å²) in [5, 5.41) is 42.6. The second-order valence-electron chi connectivity index (χ2n) is 6.96. The van der Waals surface area contributed by atoms with Crippen molar-refractivity contribution in [2.45, 2.75) is 36.3 Å². The summed E-state index contributed by atoms with van der Waals surface area (Å²) in [6.07, 6.45) is -5.01. The van der Waals surface area contributed by atoms with E-state index in [-0.39, 0.29) is 6.42 Å². The SMILES string of the molecule is COc1ccc(C[C@]2(O)[C@H](Oc3ccccc3)O[C@@](CO)(OC)[C@@H](O)[C@@H]2O)cc1. The molecule has 2 aromatic carbocycles. The lowest BCUT2D eigenvalue weighted by Crippen LogP contribution is -2.74. The molecule has 0 aliphatic carbocycles. The first kappa shape index (κ1) is 21.5. The van der Waals surface area contributed by atoms with E-state index >= 15 is 0 Å². The second-order valence-corrected chi connectivity index (χ2v) is 6.96. The van der Waals surface area contributed by atoms with Crippen molar-refractivity contribution in [2.24, 2.45) is 0 Å². The number of hydrogen-bond acceptors (Lipinski definition) is 8. The molecule has 1 heterocycles. The maximum Gasteiger partial charge on any atom is 0.234 e. The number of para-hydroxylation sites is 1. The van der Waals surface area contributed by atoms with Crippen molar-refractivity contribution in [1.29, 1.82) is 0 Å². The maximum absolute atomic E-state index is 11.4. The van der Waals surface area contributed by atoms with Crippen LogP contribution in [-0.2, 0) is 15.9 Å². The van der Waals surface area contributed by atoms with Crippen molar-refractivity contribution in [2.75, 3.05) is 20.8 Å². The van der Waals surface area contributed by atoms with E-state index in [1.807, 2.05) is 0 Å². The van der Waals surface area contributed by atoms with Gasteiger partial charge in [-0.05, 0) is 29.8 Å². The standard InChI is InChI=1S/C21H26O8/c1-26-15-10-8-14(9-11-15)12-20(25)17(23)18(24)21(13-22,27-2)29-19(20)28-16-6-4-3-5-7-16/h3-11,17-19,22-25H,12-13H2,1-2H3/t17-,18-,19+,20+,21+/m0/s1. The maximum atomic E-state index is 11.4. The van der Waals surface area contributed by atoms with Crippen LogP contribution in [0.2, 0.25) is 0 Å². The van der Waals surface area contributed by atoms with Crippen LogP contribution in [-0.4, -0.2) is 71.1 Å². The third-order valence-electron chi connectivity index (χ3n) is 5.18. The van der Waals surface area contributed by atoms with Crippen molar-refractivity contribution < 1.29 is 39.4 Å². The molecule has 8 nitrogen and oxygen atoms in total. The van der Waals surface area contributed by atoms with Gasteiger partial charge in [0.1, 0.15) is 30.3 Å². The second kappa shape index (κ2) is 8.66. The van der Waals surface area contributed by atoms with Gasteiger partial charge in [0.2, 0.25) is 12.1 Å². The zero-order valence-electron chi connectivity index (χ0n) is 16.3. The van der Waals surface area contributed by atoms with Gasteiger partial charge in [-0.25, -0.2) is 0 Å². The smallest absolute Gasteiger partial charge is 0.234 e. The van der Waals surface area contributed by atoms with E-state index in [0.717, 1.165) is 0 Å². The molecular formula is C21H26O8. The Hall–Kier alpha value is -2.20. The van der Waals surface area contributed by atoms with E-state index in [1.54, 1.807) is 61.7 Å². The van der Waals surface area contributed by atoms with Crippen LogP contribution in [0.1, 0.15) is 5.56 Å². The van der Waals surface area contributed by atoms with E-state index in [4.69, 9.17) is 18.9 Å². The molecule has 4 N–H and O–H groups in total. The van der Waals surface area contributed by atoms with Crippen LogP contribution in [0, 0.1) is 0 Å². The molecule has 1 fully saturated rings. The molecule has 0 saturated carbocycles. The molecule has 1 saturated heterocycles. The third kappa shape index (κ3) is 4.09. The van der Waals surface area contributed by atoms with Crippen LogP contribution in [0.15, 0.2) is 54.6 Å². The van der Waals surface area contributed by atoms with E-state index in [2.05, 4.69) is 0 Å². The Labute approximate surface area is 168 Å². The Balaban J connectivity index is 1.96. The number of ether oxygens (including phenoxy) is 4. The van der Waals surface area contributed by atoms with Crippen LogP contribution in [0.25, 0.3) is 0 Å². The van der Waals surface area contributed by atoms with Gasteiger partial charge in [0, 0.05) is 13.5 Å². The third-order valence-corrected chi connectivity index (χ3v) is 5.18. The molecule has 158 valence electrons. The summed E-state index contributed by atoms with van der Waals surface area (Å²) < 4.78 is 21.8. The van der Waals surface area contributed by atoms with Crippen molar-refractivity contribution in [3.8, 4) is 11.5 Å². The van der Waals surface area contributed by atoms with Gasteiger partial charge in [-0.2, -0.15) is 0 Å². The van der Waals surface area contributed by atoms with Crippen LogP contribution in [0.3, 0.4) is 0 Å². The van der Waals surface area contributed by atoms with Crippen LogP contribution in [0.4, 0.5) is 0 Å². The van der Waals surface area contributed by atoms with E-state index in [9.17, 15) is 20.4 Å². The molecule has 0 spiro atoms. The minimum atomic E-state index is -2.04. The van der Waals surface area contributed by atoms with Gasteiger partial charge in [-0.1, -0.05) is 30.3 Å². The summed E-state index contributed by atoms with van der Waals surface area (Å²) >= 11 is 0. The van der Waals surface area contributed by atoms with E-state index in [1.165, 1.54) is 7.11 Å². The number of aliphatic hydroxyl groups is 4. The predicted octanol–water partition coefficient (Wildman–Crippen LogP) is 0.461. The summed E-state index contributed by atoms with van der Waals surface area (Å²) in [6.45, 7) is -0.755. The molecule has 0 radical (unpaired) electrons. The summed E-state index contributed by atoms with van der Waals surface area (Å²) in [7, 11) is 2.76. The molecule has 8 heteroatoms. The molecule has 1 aliphatic heterocycles. The minimum absolute atomic E-state index is 0.0993. The first-order valence-electron chi connectivity index (χ1n) is 9.15. The Kier molecular flexibility index (Phi) is 6.42. The molecule has 0 unspecified atom stereocenters. The van der Waals surface area contributed by atoms with Gasteiger partial charge in [0.15, 0.2) is 5.60 Å². The van der Waals surface area contributed by atoms with Crippen LogP contribution in [0.5, 0.6) is 11.5 Å². The van der Waals surface area contributed by atoms with E-state index in [0.29, 0.717) is 17.1 Å². The Morgan fingerprint density at radius 3 is 2.14 bits per heavy atom. The highest BCUT2D eigenvalue weighted by Crippen LogP contribution is 2.39. The lowest BCUT2D eigenvalue weighted by molar-refractivity contribution is -0.414.